The zero-order valence-electron chi connectivity index (χ0n) is 14.1. The van der Waals surface area contributed by atoms with E-state index < -0.39 is 0 Å². The molecule has 23 heavy (non-hydrogen) atoms. The lowest BCUT2D eigenvalue weighted by Gasteiger charge is -2.17. The number of carbonyl (C=O) groups excluding carboxylic acids is 1. The van der Waals surface area contributed by atoms with E-state index in [9.17, 15) is 4.79 Å². The third kappa shape index (κ3) is 4.58. The molecule has 2 rings (SSSR count). The van der Waals surface area contributed by atoms with Crippen LogP contribution in [0.1, 0.15) is 27.7 Å². The van der Waals surface area contributed by atoms with Gasteiger partial charge in [-0.05, 0) is 19.8 Å². The highest BCUT2D eigenvalue weighted by atomic mass is 32.2. The highest BCUT2D eigenvalue weighted by molar-refractivity contribution is 7.99. The Hall–Kier alpha value is -1.82. The summed E-state index contributed by atoms with van der Waals surface area (Å²) in [6.45, 7) is 9.04. The largest absolute Gasteiger partial charge is 0.353 e. The van der Waals surface area contributed by atoms with E-state index in [1.54, 1.807) is 0 Å². The monoisotopic (exact) mass is 332 g/mol. The van der Waals surface area contributed by atoms with Gasteiger partial charge in [0.25, 0.3) is 0 Å². The van der Waals surface area contributed by atoms with Gasteiger partial charge in [0.2, 0.25) is 5.91 Å². The van der Waals surface area contributed by atoms with Crippen LogP contribution in [0.15, 0.2) is 35.5 Å². The van der Waals surface area contributed by atoms with Crippen LogP contribution in [0.25, 0.3) is 11.4 Å². The molecule has 0 spiro atoms. The zero-order valence-corrected chi connectivity index (χ0v) is 14.9. The molecule has 1 aromatic carbocycles. The van der Waals surface area contributed by atoms with Crippen molar-refractivity contribution in [3.8, 4) is 11.4 Å². The molecule has 0 unspecified atom stereocenters. The van der Waals surface area contributed by atoms with Crippen LogP contribution < -0.4 is 5.32 Å². The van der Waals surface area contributed by atoms with Gasteiger partial charge in [-0.2, -0.15) is 0 Å². The number of thioether (sulfide) groups is 1. The average molecular weight is 332 g/mol. The van der Waals surface area contributed by atoms with Crippen molar-refractivity contribution < 1.29 is 4.79 Å². The Labute approximate surface area is 141 Å². The summed E-state index contributed by atoms with van der Waals surface area (Å²) in [4.78, 5) is 12.0. The first kappa shape index (κ1) is 17.5. The van der Waals surface area contributed by atoms with E-state index >= 15 is 0 Å². The SMILES string of the molecule is CCn1c(SCC(=O)N[C@H](C)C(C)C)nnc1-c1ccccc1. The van der Waals surface area contributed by atoms with E-state index in [2.05, 4.69) is 36.3 Å². The number of hydrogen-bond acceptors (Lipinski definition) is 4. The molecule has 0 saturated carbocycles. The molecular formula is C17H24N4OS. The van der Waals surface area contributed by atoms with Gasteiger partial charge >= 0.3 is 0 Å². The fourth-order valence-corrected chi connectivity index (χ4v) is 2.89. The molecule has 2 aromatic rings. The predicted octanol–water partition coefficient (Wildman–Crippen LogP) is 3.22. The highest BCUT2D eigenvalue weighted by Crippen LogP contribution is 2.23. The normalized spacial score (nSPS) is 12.4. The van der Waals surface area contributed by atoms with Gasteiger partial charge in [0.05, 0.1) is 5.75 Å². The van der Waals surface area contributed by atoms with E-state index in [0.717, 1.165) is 23.1 Å². The maximum absolute atomic E-state index is 12.0. The maximum Gasteiger partial charge on any atom is 0.230 e. The molecule has 0 aliphatic heterocycles. The molecule has 0 fully saturated rings. The molecule has 1 atom stereocenters. The first-order valence-electron chi connectivity index (χ1n) is 7.93. The van der Waals surface area contributed by atoms with Crippen molar-refractivity contribution in [3.05, 3.63) is 30.3 Å². The molecule has 1 aromatic heterocycles. The minimum Gasteiger partial charge on any atom is -0.353 e. The third-order valence-electron chi connectivity index (χ3n) is 3.79. The van der Waals surface area contributed by atoms with Gasteiger partial charge in [0.1, 0.15) is 0 Å². The zero-order chi connectivity index (χ0) is 16.8. The Morgan fingerprint density at radius 2 is 1.91 bits per heavy atom. The summed E-state index contributed by atoms with van der Waals surface area (Å²) >= 11 is 1.43. The fraction of sp³-hybridized carbons (Fsp3) is 0.471. The summed E-state index contributed by atoms with van der Waals surface area (Å²) < 4.78 is 2.04. The standard InChI is InChI=1S/C17H24N4OS/c1-5-21-16(14-9-7-6-8-10-14)19-20-17(21)23-11-15(22)18-13(4)12(2)3/h6-10,12-13H,5,11H2,1-4H3,(H,18,22)/t13-/m1/s1. The van der Waals surface area contributed by atoms with Crippen molar-refractivity contribution in [2.24, 2.45) is 5.92 Å². The number of amides is 1. The molecule has 1 amide bonds. The lowest BCUT2D eigenvalue weighted by Crippen LogP contribution is -2.37. The molecule has 124 valence electrons. The molecule has 6 heteroatoms. The van der Waals surface area contributed by atoms with Crippen LogP contribution in [0.2, 0.25) is 0 Å². The third-order valence-corrected chi connectivity index (χ3v) is 4.75. The molecule has 5 nitrogen and oxygen atoms in total. The minimum absolute atomic E-state index is 0.0307. The molecule has 1 N–H and O–H groups in total. The Kier molecular flexibility index (Phi) is 6.21. The second kappa shape index (κ2) is 8.15. The van der Waals surface area contributed by atoms with Crippen LogP contribution >= 0.6 is 11.8 Å². The fourth-order valence-electron chi connectivity index (χ4n) is 2.07. The molecule has 1 heterocycles. The van der Waals surface area contributed by atoms with Gasteiger partial charge in [-0.15, -0.1) is 10.2 Å². The van der Waals surface area contributed by atoms with Crippen LogP contribution in [0.3, 0.4) is 0 Å². The summed E-state index contributed by atoms with van der Waals surface area (Å²) in [5, 5.41) is 12.3. The van der Waals surface area contributed by atoms with Gasteiger partial charge in [0, 0.05) is 18.2 Å². The van der Waals surface area contributed by atoms with Gasteiger partial charge in [-0.3, -0.25) is 4.79 Å². The quantitative estimate of drug-likeness (QED) is 0.791. The van der Waals surface area contributed by atoms with Crippen LogP contribution in [0, 0.1) is 5.92 Å². The van der Waals surface area contributed by atoms with Crippen molar-refractivity contribution in [1.82, 2.24) is 20.1 Å². The van der Waals surface area contributed by atoms with Gasteiger partial charge < -0.3 is 9.88 Å². The number of nitrogens with zero attached hydrogens (tertiary/aromatic N) is 3. The number of nitrogens with one attached hydrogen (secondary N) is 1. The summed E-state index contributed by atoms with van der Waals surface area (Å²) in [5.74, 6) is 1.65. The summed E-state index contributed by atoms with van der Waals surface area (Å²) in [7, 11) is 0. The Balaban J connectivity index is 2.04. The van der Waals surface area contributed by atoms with Crippen molar-refractivity contribution in [1.29, 1.82) is 0 Å². The molecule has 0 radical (unpaired) electrons. The van der Waals surface area contributed by atoms with Crippen LogP contribution in [-0.4, -0.2) is 32.5 Å². The molecule has 0 saturated heterocycles. The molecule has 0 aliphatic rings. The number of carbonyl (C=O) groups is 1. The van der Waals surface area contributed by atoms with Crippen LogP contribution in [0.5, 0.6) is 0 Å². The van der Waals surface area contributed by atoms with Crippen LogP contribution in [0.4, 0.5) is 0 Å². The molecular weight excluding hydrogens is 308 g/mol. The second-order valence-electron chi connectivity index (χ2n) is 5.81. The first-order valence-corrected chi connectivity index (χ1v) is 8.92. The number of benzene rings is 1. The first-order chi connectivity index (χ1) is 11.0. The van der Waals surface area contributed by atoms with Gasteiger partial charge in [-0.25, -0.2) is 0 Å². The van der Waals surface area contributed by atoms with Crippen molar-refractivity contribution in [2.45, 2.75) is 45.4 Å². The molecule has 0 aliphatic carbocycles. The summed E-state index contributed by atoms with van der Waals surface area (Å²) in [6.07, 6.45) is 0. The van der Waals surface area contributed by atoms with E-state index in [-0.39, 0.29) is 11.9 Å². The van der Waals surface area contributed by atoms with Crippen molar-refractivity contribution >= 4 is 17.7 Å². The van der Waals surface area contributed by atoms with E-state index in [0.29, 0.717) is 11.7 Å². The minimum atomic E-state index is 0.0307. The second-order valence-corrected chi connectivity index (χ2v) is 6.75. The lowest BCUT2D eigenvalue weighted by atomic mass is 10.1. The average Bonchev–Trinajstić information content (AvgIpc) is 2.96. The Bertz CT molecular complexity index is 639. The lowest BCUT2D eigenvalue weighted by molar-refractivity contribution is -0.119. The topological polar surface area (TPSA) is 59.8 Å². The van der Waals surface area contributed by atoms with Gasteiger partial charge in [-0.1, -0.05) is 55.9 Å². The van der Waals surface area contributed by atoms with E-state index in [1.165, 1.54) is 11.8 Å². The number of rotatable bonds is 7. The Morgan fingerprint density at radius 3 is 2.52 bits per heavy atom. The van der Waals surface area contributed by atoms with Crippen LogP contribution in [-0.2, 0) is 11.3 Å². The van der Waals surface area contributed by atoms with E-state index in [4.69, 9.17) is 0 Å². The summed E-state index contributed by atoms with van der Waals surface area (Å²) in [5.41, 5.74) is 1.03. The number of hydrogen-bond donors (Lipinski definition) is 1. The highest BCUT2D eigenvalue weighted by Gasteiger charge is 2.15. The van der Waals surface area contributed by atoms with Crippen molar-refractivity contribution in [2.75, 3.05) is 5.75 Å². The number of aromatic nitrogens is 3. The predicted molar refractivity (Wildman–Crippen MR) is 94.3 cm³/mol. The van der Waals surface area contributed by atoms with E-state index in [1.807, 2.05) is 41.8 Å². The molecule has 0 bridgehead atoms. The van der Waals surface area contributed by atoms with Gasteiger partial charge in [0.15, 0.2) is 11.0 Å². The van der Waals surface area contributed by atoms with Crippen molar-refractivity contribution in [3.63, 3.8) is 0 Å². The smallest absolute Gasteiger partial charge is 0.230 e. The Morgan fingerprint density at radius 1 is 1.22 bits per heavy atom. The maximum atomic E-state index is 12.0. The summed E-state index contributed by atoms with van der Waals surface area (Å²) in [6, 6.07) is 10.1.